The highest BCUT2D eigenvalue weighted by atomic mass is 31.2. The molecule has 0 aromatic heterocycles. The summed E-state index contributed by atoms with van der Waals surface area (Å²) in [6.45, 7) is 6.75. The number of carbonyl (C=O) groups is 2. The van der Waals surface area contributed by atoms with Gasteiger partial charge in [0.05, 0.1) is 33.8 Å². The van der Waals surface area contributed by atoms with Gasteiger partial charge in [-0.25, -0.2) is 0 Å². The summed E-state index contributed by atoms with van der Waals surface area (Å²) >= 11 is 0. The van der Waals surface area contributed by atoms with Crippen LogP contribution in [0.5, 0.6) is 0 Å². The van der Waals surface area contributed by atoms with Gasteiger partial charge in [0.25, 0.3) is 7.82 Å². The van der Waals surface area contributed by atoms with Crippen molar-refractivity contribution in [3.63, 3.8) is 0 Å². The maximum Gasteiger partial charge on any atom is 0.306 e. The quantitative estimate of drug-likeness (QED) is 0.0161. The molecular weight excluding hydrogens is 832 g/mol. The van der Waals surface area contributed by atoms with Crippen molar-refractivity contribution in [2.75, 3.05) is 40.9 Å². The first-order valence-electron chi connectivity index (χ1n) is 27.0. The van der Waals surface area contributed by atoms with E-state index in [1.54, 1.807) is 0 Å². The number of hydrogen-bond donors (Lipinski definition) is 1. The van der Waals surface area contributed by atoms with Crippen LogP contribution in [-0.4, -0.2) is 69.4 Å². The highest BCUT2D eigenvalue weighted by Gasteiger charge is 2.27. The van der Waals surface area contributed by atoms with Gasteiger partial charge in [-0.2, -0.15) is 0 Å². The monoisotopic (exact) mass is 935 g/mol. The average Bonchev–Trinajstić information content (AvgIpc) is 3.26. The highest BCUT2D eigenvalue weighted by molar-refractivity contribution is 7.45. The molecule has 0 fully saturated rings. The maximum absolute atomic E-state index is 13.4. The summed E-state index contributed by atoms with van der Waals surface area (Å²) in [5.41, 5.74) is 0. The van der Waals surface area contributed by atoms with Crippen LogP contribution in [0.3, 0.4) is 0 Å². The molecule has 1 amide bonds. The van der Waals surface area contributed by atoms with Gasteiger partial charge in [0.2, 0.25) is 5.91 Å². The summed E-state index contributed by atoms with van der Waals surface area (Å²) in [5.74, 6) is -0.565. The Morgan fingerprint density at radius 1 is 0.538 bits per heavy atom. The number of nitrogens with one attached hydrogen (secondary N) is 1. The third-order valence-electron chi connectivity index (χ3n) is 11.8. The van der Waals surface area contributed by atoms with Crippen molar-refractivity contribution in [2.45, 2.75) is 251 Å². The minimum atomic E-state index is -4.69. The van der Waals surface area contributed by atoms with Gasteiger partial charge in [-0.05, 0) is 76.7 Å². The number of likely N-dealkylation sites (N-methyl/N-ethyl adjacent to an activating group) is 1. The number of allylic oxidation sites excluding steroid dienone is 7. The molecule has 0 spiro atoms. The van der Waals surface area contributed by atoms with Crippen LogP contribution in [0.15, 0.2) is 48.6 Å². The van der Waals surface area contributed by atoms with Gasteiger partial charge in [0, 0.05) is 12.8 Å². The number of nitrogens with zero attached hydrogens (tertiary/aromatic N) is 1. The van der Waals surface area contributed by atoms with Gasteiger partial charge in [0.15, 0.2) is 0 Å². The molecule has 9 nitrogen and oxygen atoms in total. The van der Waals surface area contributed by atoms with Gasteiger partial charge in [-0.1, -0.05) is 198 Å². The number of quaternary nitrogens is 1. The molecule has 0 saturated carbocycles. The summed E-state index contributed by atoms with van der Waals surface area (Å²) in [6.07, 6.45) is 53.5. The van der Waals surface area contributed by atoms with Crippen LogP contribution in [0.1, 0.15) is 239 Å². The number of rotatable bonds is 48. The molecule has 0 heterocycles. The minimum Gasteiger partial charge on any atom is -0.756 e. The Kier molecular flexibility index (Phi) is 44.3. The number of hydrogen-bond acceptors (Lipinski definition) is 7. The van der Waals surface area contributed by atoms with E-state index < -0.39 is 26.6 Å². The van der Waals surface area contributed by atoms with Crippen LogP contribution in [0.25, 0.3) is 0 Å². The molecule has 3 unspecified atom stereocenters. The lowest BCUT2D eigenvalue weighted by Gasteiger charge is -2.30. The molecule has 0 saturated heterocycles. The van der Waals surface area contributed by atoms with E-state index in [1.807, 2.05) is 33.3 Å². The van der Waals surface area contributed by atoms with Gasteiger partial charge < -0.3 is 28.5 Å². The second-order valence-corrected chi connectivity index (χ2v) is 20.8. The molecule has 1 N–H and O–H groups in total. The van der Waals surface area contributed by atoms with Crippen molar-refractivity contribution in [1.82, 2.24) is 5.32 Å². The average molecular weight is 935 g/mol. The first-order valence-corrected chi connectivity index (χ1v) is 28.4. The molecule has 65 heavy (non-hydrogen) atoms. The number of phosphoric ester groups is 1. The summed E-state index contributed by atoms with van der Waals surface area (Å²) < 4.78 is 30.1. The van der Waals surface area contributed by atoms with E-state index in [9.17, 15) is 19.0 Å². The molecule has 0 aliphatic rings. The van der Waals surface area contributed by atoms with Crippen molar-refractivity contribution in [3.8, 4) is 0 Å². The third kappa shape index (κ3) is 46.9. The van der Waals surface area contributed by atoms with Crippen LogP contribution < -0.4 is 10.2 Å². The van der Waals surface area contributed by atoms with Crippen molar-refractivity contribution in [1.29, 1.82) is 0 Å². The molecule has 0 aliphatic carbocycles. The van der Waals surface area contributed by atoms with Crippen molar-refractivity contribution in [2.24, 2.45) is 0 Å². The summed E-state index contributed by atoms with van der Waals surface area (Å²) in [7, 11) is 1.17. The van der Waals surface area contributed by atoms with Crippen LogP contribution in [0.2, 0.25) is 0 Å². The lowest BCUT2D eigenvalue weighted by molar-refractivity contribution is -0.870. The second-order valence-electron chi connectivity index (χ2n) is 19.4. The van der Waals surface area contributed by atoms with Gasteiger partial charge in [0.1, 0.15) is 19.3 Å². The van der Waals surface area contributed by atoms with E-state index in [1.165, 1.54) is 103 Å². The van der Waals surface area contributed by atoms with E-state index >= 15 is 0 Å². The van der Waals surface area contributed by atoms with Crippen LogP contribution >= 0.6 is 7.82 Å². The Morgan fingerprint density at radius 3 is 1.48 bits per heavy atom. The Bertz CT molecular complexity index is 1260. The molecule has 380 valence electrons. The predicted molar refractivity (Wildman–Crippen MR) is 275 cm³/mol. The van der Waals surface area contributed by atoms with Gasteiger partial charge >= 0.3 is 5.97 Å². The van der Waals surface area contributed by atoms with Gasteiger partial charge in [-0.15, -0.1) is 0 Å². The number of ether oxygens (including phenoxy) is 1. The molecule has 0 rings (SSSR count). The largest absolute Gasteiger partial charge is 0.756 e. The molecule has 0 radical (unpaired) electrons. The predicted octanol–water partition coefficient (Wildman–Crippen LogP) is 15.1. The zero-order valence-electron chi connectivity index (χ0n) is 43.2. The lowest BCUT2D eigenvalue weighted by atomic mass is 10.0. The van der Waals surface area contributed by atoms with E-state index in [-0.39, 0.29) is 24.9 Å². The fourth-order valence-corrected chi connectivity index (χ4v) is 8.22. The number of carbonyl (C=O) groups excluding carboxylic acids is 2. The zero-order chi connectivity index (χ0) is 48.0. The fourth-order valence-electron chi connectivity index (χ4n) is 7.49. The van der Waals surface area contributed by atoms with Crippen LogP contribution in [0.4, 0.5) is 0 Å². The van der Waals surface area contributed by atoms with E-state index in [2.05, 4.69) is 62.5 Å². The van der Waals surface area contributed by atoms with Crippen molar-refractivity contribution >= 4 is 19.7 Å². The summed E-state index contributed by atoms with van der Waals surface area (Å²) in [4.78, 5) is 39.7. The smallest absolute Gasteiger partial charge is 0.306 e. The number of amides is 1. The van der Waals surface area contributed by atoms with E-state index in [0.717, 1.165) is 103 Å². The Morgan fingerprint density at radius 2 is 0.954 bits per heavy atom. The zero-order valence-corrected chi connectivity index (χ0v) is 44.1. The molecule has 0 bridgehead atoms. The number of esters is 1. The molecular formula is C55H103N2O7P. The topological polar surface area (TPSA) is 114 Å². The molecule has 0 aromatic carbocycles. The maximum atomic E-state index is 13.4. The SMILES string of the molecule is CCCC/C=C\CCCCCCCC(=O)NC(COP(=O)([O-])OCC[N+](C)(C)C)C(/C=C/CCCCCCCCCCCCC)OC(=O)CCCCCCCC/C=C/C=C/CCCCC. The van der Waals surface area contributed by atoms with E-state index in [4.69, 9.17) is 13.8 Å². The fraction of sp³-hybridized carbons (Fsp3) is 0.818. The first-order chi connectivity index (χ1) is 31.4. The summed E-state index contributed by atoms with van der Waals surface area (Å²) in [5, 5.41) is 3.00. The third-order valence-corrected chi connectivity index (χ3v) is 12.7. The van der Waals surface area contributed by atoms with E-state index in [0.29, 0.717) is 17.4 Å². The normalized spacial score (nSPS) is 14.3. The highest BCUT2D eigenvalue weighted by Crippen LogP contribution is 2.38. The van der Waals surface area contributed by atoms with Crippen molar-refractivity contribution < 1.29 is 37.3 Å². The Hall–Kier alpha value is -2.03. The minimum absolute atomic E-state index is 0.0262. The van der Waals surface area contributed by atoms with Crippen LogP contribution in [-0.2, 0) is 27.9 Å². The molecule has 0 aromatic rings. The molecule has 3 atom stereocenters. The number of unbranched alkanes of at least 4 members (excludes halogenated alkanes) is 27. The molecule has 0 aliphatic heterocycles. The lowest BCUT2D eigenvalue weighted by Crippen LogP contribution is -2.47. The molecule has 10 heteroatoms. The van der Waals surface area contributed by atoms with Gasteiger partial charge in [-0.3, -0.25) is 14.2 Å². The standard InChI is InChI=1S/C55H103N2O7P/c1-7-10-13-16-19-22-25-27-28-30-33-36-39-42-45-48-55(59)64-53(46-43-40-37-34-32-29-26-23-20-17-14-11-8-2)52(51-63-65(60,61)62-50-49-57(4,5)6)56-54(58)47-44-41-38-35-31-24-21-18-15-12-9-3/h18-19,21-22,25,27,43,46,52-53H,7-17,20,23-24,26,28-42,44-45,47-51H2,1-6H3,(H-,56,58,60,61)/b21-18-,22-19+,27-25+,46-43+. The first kappa shape index (κ1) is 63.0. The second kappa shape index (κ2) is 45.7. The number of phosphoric acid groups is 1. The summed E-state index contributed by atoms with van der Waals surface area (Å²) in [6, 6.07) is -0.894. The van der Waals surface area contributed by atoms with Crippen LogP contribution in [0, 0.1) is 0 Å². The Labute approximate surface area is 401 Å². The van der Waals surface area contributed by atoms with Crippen molar-refractivity contribution in [3.05, 3.63) is 48.6 Å². The Balaban J connectivity index is 5.44.